The summed E-state index contributed by atoms with van der Waals surface area (Å²) in [4.78, 5) is 43.3. The number of amidine groups is 1. The van der Waals surface area contributed by atoms with Crippen LogP contribution in [0.2, 0.25) is 0 Å². The molecule has 0 bridgehead atoms. The van der Waals surface area contributed by atoms with Crippen LogP contribution in [0.3, 0.4) is 0 Å². The van der Waals surface area contributed by atoms with Gasteiger partial charge in [-0.3, -0.25) is 14.4 Å². The number of nitrogens with zero attached hydrogens (tertiary/aromatic N) is 4. The monoisotopic (exact) mass is 554 g/mol. The van der Waals surface area contributed by atoms with Crippen molar-refractivity contribution in [1.82, 2.24) is 25.3 Å². The summed E-state index contributed by atoms with van der Waals surface area (Å²) in [6.07, 6.45) is 7.91. The molecule has 0 aliphatic carbocycles. The van der Waals surface area contributed by atoms with Gasteiger partial charge in [0.15, 0.2) is 0 Å². The van der Waals surface area contributed by atoms with Crippen LogP contribution in [0, 0.1) is 5.41 Å². The largest absolute Gasteiger partial charge is 0.372 e. The number of carbonyl (C=O) groups excluding carboxylic acids is 3. The fraction of sp³-hybridized carbons (Fsp3) is 0.586. The molecule has 11 nitrogen and oxygen atoms in total. The molecule has 220 valence electrons. The van der Waals surface area contributed by atoms with E-state index in [1.54, 1.807) is 26.1 Å². The topological polar surface area (TPSA) is 149 Å². The Morgan fingerprint density at radius 2 is 1.65 bits per heavy atom. The molecule has 4 rings (SSSR count). The Balaban J connectivity index is 0.00000141. The second kappa shape index (κ2) is 14.4. The highest BCUT2D eigenvalue weighted by atomic mass is 16.2. The van der Waals surface area contributed by atoms with Crippen LogP contribution in [-0.4, -0.2) is 103 Å². The number of benzene rings is 1. The van der Waals surface area contributed by atoms with Gasteiger partial charge in [0.05, 0.1) is 11.2 Å². The first-order chi connectivity index (χ1) is 19.1. The van der Waals surface area contributed by atoms with Gasteiger partial charge in [0, 0.05) is 51.5 Å². The first-order valence-corrected chi connectivity index (χ1v) is 14.1. The predicted octanol–water partition coefficient (Wildman–Crippen LogP) is 0.576. The van der Waals surface area contributed by atoms with Crippen LogP contribution in [0.1, 0.15) is 39.2 Å². The number of hydrogen-bond donors (Lipinski definition) is 4. The van der Waals surface area contributed by atoms with E-state index < -0.39 is 5.54 Å². The molecule has 3 amide bonds. The number of piperazine rings is 1. The van der Waals surface area contributed by atoms with Gasteiger partial charge in [0.2, 0.25) is 18.7 Å². The van der Waals surface area contributed by atoms with Crippen LogP contribution in [0.5, 0.6) is 0 Å². The summed E-state index contributed by atoms with van der Waals surface area (Å²) in [7, 11) is 0. The molecule has 1 unspecified atom stereocenters. The molecule has 3 aliphatic heterocycles. The summed E-state index contributed by atoms with van der Waals surface area (Å²) in [6, 6.07) is 8.98. The van der Waals surface area contributed by atoms with E-state index in [2.05, 4.69) is 57.4 Å². The number of primary amides is 1. The number of hydrogen-bond acceptors (Lipinski definition) is 7. The van der Waals surface area contributed by atoms with Crippen molar-refractivity contribution >= 4 is 30.3 Å². The lowest BCUT2D eigenvalue weighted by molar-refractivity contribution is -0.137. The molecule has 1 atom stereocenters. The summed E-state index contributed by atoms with van der Waals surface area (Å²) in [5.74, 6) is 0.708. The zero-order valence-electron chi connectivity index (χ0n) is 24.1. The third kappa shape index (κ3) is 8.61. The third-order valence-corrected chi connectivity index (χ3v) is 8.03. The van der Waals surface area contributed by atoms with Gasteiger partial charge in [0.1, 0.15) is 5.84 Å². The normalized spacial score (nSPS) is 20.4. The number of aliphatic imine (C=N–C) groups is 1. The molecule has 0 saturated carbocycles. The maximum Gasteiger partial charge on any atom is 0.242 e. The van der Waals surface area contributed by atoms with Gasteiger partial charge in [-0.25, -0.2) is 4.99 Å². The van der Waals surface area contributed by atoms with E-state index in [0.717, 1.165) is 17.9 Å². The zero-order chi connectivity index (χ0) is 29.2. The van der Waals surface area contributed by atoms with E-state index >= 15 is 0 Å². The molecule has 1 spiro atoms. The number of rotatable bonds is 8. The van der Waals surface area contributed by atoms with Crippen molar-refractivity contribution in [3.8, 4) is 0 Å². The van der Waals surface area contributed by atoms with Gasteiger partial charge in [0.25, 0.3) is 0 Å². The second-order valence-electron chi connectivity index (χ2n) is 11.6. The van der Waals surface area contributed by atoms with Crippen LogP contribution in [0.4, 0.5) is 5.69 Å². The minimum atomic E-state index is -0.879. The molecule has 3 fully saturated rings. The summed E-state index contributed by atoms with van der Waals surface area (Å²) in [5, 5.41) is 6.01. The molecule has 0 aromatic heterocycles. The highest BCUT2D eigenvalue weighted by Gasteiger charge is 2.40. The molecule has 11 heteroatoms. The molecule has 40 heavy (non-hydrogen) atoms. The average molecular weight is 555 g/mol. The Bertz CT molecular complexity index is 1030. The van der Waals surface area contributed by atoms with E-state index in [1.807, 2.05) is 4.90 Å². The number of amides is 3. The summed E-state index contributed by atoms with van der Waals surface area (Å²) in [5.41, 5.74) is 12.0. The standard InChI is InChI=1S/C28H43N7O2.CH3NO/c1-22(33-12-9-28(10-13-33)19-31-20-28)18-23-4-6-24(7-5-23)32-25(8-11-30-21-36)34-14-16-35(17-15-34)26(37)27(2,3)29;2-1-3/h4-8,11,21-22,31H,9-10,12-20,29H2,1-3H3,(H,30,36);1H,(H2,2,3)/b11-8-,32-25?;. The van der Waals surface area contributed by atoms with Crippen molar-refractivity contribution in [3.63, 3.8) is 0 Å². The third-order valence-electron chi connectivity index (χ3n) is 8.03. The van der Waals surface area contributed by atoms with Gasteiger partial charge in [-0.1, -0.05) is 12.1 Å². The van der Waals surface area contributed by atoms with Gasteiger partial charge < -0.3 is 36.8 Å². The van der Waals surface area contributed by atoms with Crippen molar-refractivity contribution < 1.29 is 14.4 Å². The van der Waals surface area contributed by atoms with Crippen LogP contribution < -0.4 is 22.1 Å². The summed E-state index contributed by atoms with van der Waals surface area (Å²) < 4.78 is 0. The van der Waals surface area contributed by atoms with Crippen LogP contribution in [0.25, 0.3) is 0 Å². The van der Waals surface area contributed by atoms with Crippen LogP contribution in [0.15, 0.2) is 41.5 Å². The highest BCUT2D eigenvalue weighted by Crippen LogP contribution is 2.35. The van der Waals surface area contributed by atoms with Gasteiger partial charge in [-0.05, 0) is 82.3 Å². The van der Waals surface area contributed by atoms with Crippen LogP contribution in [-0.2, 0) is 20.8 Å². The SMILES string of the molecule is CC(Cc1ccc(N=C(/C=C\NC=O)N2CCN(C(=O)C(C)(C)N)CC2)cc1)N1CCC2(CC1)CNC2.NC=O. The van der Waals surface area contributed by atoms with Gasteiger partial charge in [-0.2, -0.15) is 0 Å². The van der Waals surface area contributed by atoms with E-state index in [0.29, 0.717) is 44.0 Å². The number of nitrogens with two attached hydrogens (primary N) is 2. The maximum absolute atomic E-state index is 12.5. The number of carbonyl (C=O) groups is 3. The average Bonchev–Trinajstić information content (AvgIpc) is 2.92. The lowest BCUT2D eigenvalue weighted by Gasteiger charge is -2.49. The first-order valence-electron chi connectivity index (χ1n) is 14.1. The number of likely N-dealkylation sites (tertiary alicyclic amines) is 1. The Hall–Kier alpha value is -3.28. The minimum Gasteiger partial charge on any atom is -0.372 e. The quantitative estimate of drug-likeness (QED) is 0.209. The molecule has 3 heterocycles. The summed E-state index contributed by atoms with van der Waals surface area (Å²) >= 11 is 0. The number of nitrogens with one attached hydrogen (secondary N) is 2. The van der Waals surface area contributed by atoms with Crippen molar-refractivity contribution in [2.45, 2.75) is 51.6 Å². The van der Waals surface area contributed by atoms with E-state index in [9.17, 15) is 9.59 Å². The molecular weight excluding hydrogens is 508 g/mol. The highest BCUT2D eigenvalue weighted by molar-refractivity contribution is 5.95. The molecule has 0 radical (unpaired) electrons. The Labute approximate surface area is 238 Å². The molecule has 6 N–H and O–H groups in total. The second-order valence-corrected chi connectivity index (χ2v) is 11.6. The molecule has 3 aliphatic rings. The Morgan fingerprint density at radius 3 is 2.15 bits per heavy atom. The molecule has 1 aromatic carbocycles. The lowest BCUT2D eigenvalue weighted by atomic mass is 9.73. The van der Waals surface area contributed by atoms with Crippen LogP contribution >= 0.6 is 0 Å². The Kier molecular flexibility index (Phi) is 11.2. The van der Waals surface area contributed by atoms with Crippen molar-refractivity contribution in [2.75, 3.05) is 52.4 Å². The lowest BCUT2D eigenvalue weighted by Crippen LogP contribution is -2.59. The first kappa shape index (κ1) is 31.3. The van der Waals surface area contributed by atoms with E-state index in [1.165, 1.54) is 44.6 Å². The minimum absolute atomic E-state index is 0.0438. The molecule has 3 saturated heterocycles. The van der Waals surface area contributed by atoms with Crippen molar-refractivity contribution in [2.24, 2.45) is 21.9 Å². The Morgan fingerprint density at radius 1 is 1.07 bits per heavy atom. The fourth-order valence-electron chi connectivity index (χ4n) is 5.50. The predicted molar refractivity (Wildman–Crippen MR) is 158 cm³/mol. The van der Waals surface area contributed by atoms with Gasteiger partial charge >= 0.3 is 0 Å². The maximum atomic E-state index is 12.5. The fourth-order valence-corrected chi connectivity index (χ4v) is 5.50. The molecule has 1 aromatic rings. The van der Waals surface area contributed by atoms with Crippen molar-refractivity contribution in [3.05, 3.63) is 42.1 Å². The van der Waals surface area contributed by atoms with E-state index in [4.69, 9.17) is 15.5 Å². The van der Waals surface area contributed by atoms with Crippen molar-refractivity contribution in [1.29, 1.82) is 0 Å². The zero-order valence-corrected chi connectivity index (χ0v) is 24.1. The van der Waals surface area contributed by atoms with Gasteiger partial charge in [-0.15, -0.1) is 0 Å². The smallest absolute Gasteiger partial charge is 0.242 e. The summed E-state index contributed by atoms with van der Waals surface area (Å²) in [6.45, 7) is 13.0. The van der Waals surface area contributed by atoms with E-state index in [-0.39, 0.29) is 12.3 Å². The number of piperidine rings is 1. The molecular formula is C29H46N8O3.